The minimum absolute atomic E-state index is 0.0646. The number of piperidine rings is 1. The van der Waals surface area contributed by atoms with E-state index in [0.29, 0.717) is 6.54 Å². The summed E-state index contributed by atoms with van der Waals surface area (Å²) in [6.45, 7) is 2.56. The van der Waals surface area contributed by atoms with Crippen LogP contribution in [0, 0.1) is 5.92 Å². The second kappa shape index (κ2) is 8.03. The fourth-order valence-electron chi connectivity index (χ4n) is 2.59. The van der Waals surface area contributed by atoms with Crippen molar-refractivity contribution in [3.63, 3.8) is 0 Å². The van der Waals surface area contributed by atoms with Crippen molar-refractivity contribution in [2.24, 2.45) is 5.92 Å². The standard InChI is InChI=1S/C13H27NO3/c1-2-3-4-5-6-7-11-10(9-15)13(17)12(16)8-14-11/h10-17H,2-9H2,1H3/t10-,11+,12+,13-/m0/s1. The number of hydrogen-bond acceptors (Lipinski definition) is 4. The first-order valence-corrected chi connectivity index (χ1v) is 6.91. The second-order valence-electron chi connectivity index (χ2n) is 5.12. The zero-order valence-corrected chi connectivity index (χ0v) is 10.8. The summed E-state index contributed by atoms with van der Waals surface area (Å²) in [4.78, 5) is 0. The van der Waals surface area contributed by atoms with Crippen molar-refractivity contribution in [2.45, 2.75) is 63.7 Å². The predicted molar refractivity (Wildman–Crippen MR) is 67.8 cm³/mol. The van der Waals surface area contributed by atoms with Crippen LogP contribution < -0.4 is 5.32 Å². The molecule has 102 valence electrons. The largest absolute Gasteiger partial charge is 0.396 e. The van der Waals surface area contributed by atoms with E-state index in [0.717, 1.165) is 12.8 Å². The van der Waals surface area contributed by atoms with Crippen LogP contribution in [0.3, 0.4) is 0 Å². The van der Waals surface area contributed by atoms with Crippen LogP contribution in [-0.4, -0.2) is 46.7 Å². The highest BCUT2D eigenvalue weighted by Crippen LogP contribution is 2.21. The molecular weight excluding hydrogens is 218 g/mol. The smallest absolute Gasteiger partial charge is 0.0927 e. The number of β-amino-alcohol motifs (C(OH)–C–C–N with tert-alkyl or cyclic N) is 1. The number of aliphatic hydroxyl groups is 3. The summed E-state index contributed by atoms with van der Waals surface area (Å²) >= 11 is 0. The van der Waals surface area contributed by atoms with Crippen LogP contribution in [0.5, 0.6) is 0 Å². The van der Waals surface area contributed by atoms with Gasteiger partial charge in [-0.1, -0.05) is 39.0 Å². The molecular formula is C13H27NO3. The summed E-state index contributed by atoms with van der Waals surface area (Å²) in [5.41, 5.74) is 0. The fraction of sp³-hybridized carbons (Fsp3) is 1.00. The van der Waals surface area contributed by atoms with E-state index in [1.54, 1.807) is 0 Å². The molecule has 1 saturated heterocycles. The lowest BCUT2D eigenvalue weighted by atomic mass is 9.84. The minimum Gasteiger partial charge on any atom is -0.396 e. The molecule has 0 bridgehead atoms. The first kappa shape index (κ1) is 14.9. The summed E-state index contributed by atoms with van der Waals surface area (Å²) in [6, 6.07) is 0.139. The van der Waals surface area contributed by atoms with Crippen LogP contribution in [-0.2, 0) is 0 Å². The molecule has 1 aliphatic rings. The first-order chi connectivity index (χ1) is 8.20. The zero-order chi connectivity index (χ0) is 12.7. The van der Waals surface area contributed by atoms with Crippen LogP contribution in [0.15, 0.2) is 0 Å². The van der Waals surface area contributed by atoms with Crippen LogP contribution >= 0.6 is 0 Å². The third-order valence-electron chi connectivity index (χ3n) is 3.77. The van der Waals surface area contributed by atoms with Crippen molar-refractivity contribution >= 4 is 0 Å². The molecule has 4 N–H and O–H groups in total. The van der Waals surface area contributed by atoms with Crippen molar-refractivity contribution in [3.8, 4) is 0 Å². The number of hydrogen-bond donors (Lipinski definition) is 4. The van der Waals surface area contributed by atoms with Gasteiger partial charge in [-0.25, -0.2) is 0 Å². The summed E-state index contributed by atoms with van der Waals surface area (Å²) in [7, 11) is 0. The van der Waals surface area contributed by atoms with Crippen molar-refractivity contribution in [1.82, 2.24) is 5.32 Å². The highest BCUT2D eigenvalue weighted by Gasteiger charge is 2.36. The SMILES string of the molecule is CCCCCCC[C@H]1NC[C@@H](O)[C@@H](O)[C@H]1CO. The Morgan fingerprint density at radius 3 is 2.47 bits per heavy atom. The quantitative estimate of drug-likeness (QED) is 0.497. The Morgan fingerprint density at radius 2 is 1.82 bits per heavy atom. The molecule has 4 atom stereocenters. The topological polar surface area (TPSA) is 72.7 Å². The fourth-order valence-corrected chi connectivity index (χ4v) is 2.59. The van der Waals surface area contributed by atoms with Crippen molar-refractivity contribution < 1.29 is 15.3 Å². The minimum atomic E-state index is -0.790. The maximum Gasteiger partial charge on any atom is 0.0927 e. The number of unbranched alkanes of at least 4 members (excludes halogenated alkanes) is 4. The Balaban J connectivity index is 2.26. The number of rotatable bonds is 7. The molecule has 0 aromatic heterocycles. The molecule has 0 radical (unpaired) electrons. The molecule has 1 fully saturated rings. The maximum absolute atomic E-state index is 9.80. The van der Waals surface area contributed by atoms with E-state index < -0.39 is 12.2 Å². The van der Waals surface area contributed by atoms with E-state index in [-0.39, 0.29) is 18.6 Å². The van der Waals surface area contributed by atoms with Gasteiger partial charge in [-0.05, 0) is 6.42 Å². The van der Waals surface area contributed by atoms with Gasteiger partial charge in [0.1, 0.15) is 0 Å². The lowest BCUT2D eigenvalue weighted by Gasteiger charge is -2.38. The highest BCUT2D eigenvalue weighted by molar-refractivity contribution is 4.91. The lowest BCUT2D eigenvalue weighted by Crippen LogP contribution is -2.57. The zero-order valence-electron chi connectivity index (χ0n) is 10.8. The maximum atomic E-state index is 9.80. The van der Waals surface area contributed by atoms with E-state index in [4.69, 9.17) is 0 Å². The van der Waals surface area contributed by atoms with Gasteiger partial charge in [-0.2, -0.15) is 0 Å². The van der Waals surface area contributed by atoms with E-state index >= 15 is 0 Å². The van der Waals surface area contributed by atoms with Crippen LogP contribution in [0.2, 0.25) is 0 Å². The van der Waals surface area contributed by atoms with Crippen LogP contribution in [0.4, 0.5) is 0 Å². The van der Waals surface area contributed by atoms with Gasteiger partial charge < -0.3 is 20.6 Å². The van der Waals surface area contributed by atoms with Gasteiger partial charge >= 0.3 is 0 Å². The van der Waals surface area contributed by atoms with E-state index in [1.165, 1.54) is 25.7 Å². The van der Waals surface area contributed by atoms with Gasteiger partial charge in [0, 0.05) is 25.1 Å². The highest BCUT2D eigenvalue weighted by atomic mass is 16.3. The molecule has 0 unspecified atom stereocenters. The number of aliphatic hydroxyl groups excluding tert-OH is 3. The average molecular weight is 245 g/mol. The van der Waals surface area contributed by atoms with Crippen LogP contribution in [0.25, 0.3) is 0 Å². The first-order valence-electron chi connectivity index (χ1n) is 6.91. The van der Waals surface area contributed by atoms with Gasteiger partial charge in [0.25, 0.3) is 0 Å². The Kier molecular flexibility index (Phi) is 7.04. The van der Waals surface area contributed by atoms with Gasteiger partial charge in [0.05, 0.1) is 12.2 Å². The molecule has 4 heteroatoms. The van der Waals surface area contributed by atoms with E-state index in [2.05, 4.69) is 12.2 Å². The second-order valence-corrected chi connectivity index (χ2v) is 5.12. The third kappa shape index (κ3) is 4.54. The molecule has 0 spiro atoms. The van der Waals surface area contributed by atoms with Gasteiger partial charge in [-0.3, -0.25) is 0 Å². The molecule has 1 rings (SSSR count). The lowest BCUT2D eigenvalue weighted by molar-refractivity contribution is -0.0679. The molecule has 0 saturated carbocycles. The van der Waals surface area contributed by atoms with Crippen molar-refractivity contribution in [1.29, 1.82) is 0 Å². The van der Waals surface area contributed by atoms with Crippen LogP contribution in [0.1, 0.15) is 45.4 Å². The third-order valence-corrected chi connectivity index (χ3v) is 3.77. The Labute approximate surface area is 104 Å². The summed E-state index contributed by atoms with van der Waals surface area (Å²) in [5, 5.41) is 31.8. The summed E-state index contributed by atoms with van der Waals surface area (Å²) in [6.07, 6.45) is 5.55. The molecule has 1 heterocycles. The van der Waals surface area contributed by atoms with Crippen molar-refractivity contribution in [2.75, 3.05) is 13.2 Å². The average Bonchev–Trinajstić information content (AvgIpc) is 2.33. The molecule has 0 amide bonds. The van der Waals surface area contributed by atoms with Gasteiger partial charge in [-0.15, -0.1) is 0 Å². The Morgan fingerprint density at radius 1 is 1.12 bits per heavy atom. The molecule has 4 nitrogen and oxygen atoms in total. The molecule has 17 heavy (non-hydrogen) atoms. The van der Waals surface area contributed by atoms with Gasteiger partial charge in [0.2, 0.25) is 0 Å². The summed E-state index contributed by atoms with van der Waals surface area (Å²) < 4.78 is 0. The molecule has 0 aliphatic carbocycles. The molecule has 1 aliphatic heterocycles. The summed E-state index contributed by atoms with van der Waals surface area (Å²) in [5.74, 6) is -0.232. The Hall–Kier alpha value is -0.160. The molecule has 0 aromatic rings. The van der Waals surface area contributed by atoms with Crippen molar-refractivity contribution in [3.05, 3.63) is 0 Å². The predicted octanol–water partition coefficient (Wildman–Crippen LogP) is 0.649. The van der Waals surface area contributed by atoms with E-state index in [1.807, 2.05) is 0 Å². The monoisotopic (exact) mass is 245 g/mol. The normalized spacial score (nSPS) is 33.9. The van der Waals surface area contributed by atoms with E-state index in [9.17, 15) is 15.3 Å². The molecule has 0 aromatic carbocycles. The number of nitrogens with one attached hydrogen (secondary N) is 1. The van der Waals surface area contributed by atoms with Gasteiger partial charge in [0.15, 0.2) is 0 Å². The Bertz CT molecular complexity index is 201.